The summed E-state index contributed by atoms with van der Waals surface area (Å²) < 4.78 is 5.63. The minimum atomic E-state index is -0.226. The van der Waals surface area contributed by atoms with Gasteiger partial charge in [0.15, 0.2) is 0 Å². The molecule has 1 aromatic heterocycles. The van der Waals surface area contributed by atoms with Crippen LogP contribution >= 0.6 is 0 Å². The Hall–Kier alpha value is -1.62. The van der Waals surface area contributed by atoms with Crippen LogP contribution in [0.3, 0.4) is 0 Å². The van der Waals surface area contributed by atoms with E-state index in [9.17, 15) is 4.79 Å². The lowest BCUT2D eigenvalue weighted by Gasteiger charge is -2.08. The molecule has 0 bridgehead atoms. The summed E-state index contributed by atoms with van der Waals surface area (Å²) in [6.07, 6.45) is 2.45. The van der Waals surface area contributed by atoms with E-state index < -0.39 is 0 Å². The Kier molecular flexibility index (Phi) is 3.05. The molecule has 5 heteroatoms. The van der Waals surface area contributed by atoms with Gasteiger partial charge in [0.25, 0.3) is 5.91 Å². The molecule has 1 amide bonds. The van der Waals surface area contributed by atoms with Crippen LogP contribution in [0.2, 0.25) is 0 Å². The van der Waals surface area contributed by atoms with Crippen molar-refractivity contribution in [3.05, 3.63) is 23.5 Å². The van der Waals surface area contributed by atoms with Crippen LogP contribution in [0.4, 0.5) is 0 Å². The fourth-order valence-corrected chi connectivity index (χ4v) is 1.36. The average molecular weight is 221 g/mol. The molecular formula is C11H15N3O2. The van der Waals surface area contributed by atoms with E-state index in [1.807, 2.05) is 0 Å². The van der Waals surface area contributed by atoms with Crippen LogP contribution in [0.5, 0.6) is 5.75 Å². The molecule has 0 aromatic carbocycles. The van der Waals surface area contributed by atoms with Gasteiger partial charge in [0.2, 0.25) is 0 Å². The Bertz CT molecular complexity index is 402. The predicted octanol–water partition coefficient (Wildman–Crippen LogP) is 0.441. The molecule has 1 aliphatic rings. The number of carbonyl (C=O) groups excluding carboxylic acids is 1. The third-order valence-electron chi connectivity index (χ3n) is 2.35. The highest BCUT2D eigenvalue weighted by Crippen LogP contribution is 2.27. The highest BCUT2D eigenvalue weighted by atomic mass is 16.5. The fourth-order valence-electron chi connectivity index (χ4n) is 1.36. The number of hydrogen-bond donors (Lipinski definition) is 2. The molecular weight excluding hydrogens is 206 g/mol. The fraction of sp³-hybridized carbons (Fsp3) is 0.455. The van der Waals surface area contributed by atoms with Crippen molar-refractivity contribution >= 4 is 5.91 Å². The number of amides is 1. The van der Waals surface area contributed by atoms with Gasteiger partial charge >= 0.3 is 0 Å². The van der Waals surface area contributed by atoms with E-state index in [4.69, 9.17) is 10.5 Å². The second-order valence-electron chi connectivity index (χ2n) is 3.78. The quantitative estimate of drug-likeness (QED) is 0.773. The SMILES string of the molecule is CNC(=O)c1cc(OC2CC2)cc(CN)n1. The van der Waals surface area contributed by atoms with Crippen LogP contribution in [-0.2, 0) is 6.54 Å². The lowest BCUT2D eigenvalue weighted by molar-refractivity contribution is 0.0957. The van der Waals surface area contributed by atoms with Gasteiger partial charge in [0, 0.05) is 25.7 Å². The molecule has 0 saturated heterocycles. The van der Waals surface area contributed by atoms with Crippen molar-refractivity contribution in [1.29, 1.82) is 0 Å². The largest absolute Gasteiger partial charge is 0.490 e. The third-order valence-corrected chi connectivity index (χ3v) is 2.35. The summed E-state index contributed by atoms with van der Waals surface area (Å²) in [6, 6.07) is 3.43. The van der Waals surface area contributed by atoms with E-state index in [1.165, 1.54) is 0 Å². The van der Waals surface area contributed by atoms with E-state index >= 15 is 0 Å². The molecule has 16 heavy (non-hydrogen) atoms. The van der Waals surface area contributed by atoms with Crippen LogP contribution < -0.4 is 15.8 Å². The molecule has 1 saturated carbocycles. The van der Waals surface area contributed by atoms with Gasteiger partial charge in [-0.15, -0.1) is 0 Å². The number of rotatable bonds is 4. The summed E-state index contributed by atoms with van der Waals surface area (Å²) >= 11 is 0. The summed E-state index contributed by atoms with van der Waals surface area (Å²) in [6.45, 7) is 0.297. The van der Waals surface area contributed by atoms with Gasteiger partial charge < -0.3 is 15.8 Å². The van der Waals surface area contributed by atoms with E-state index in [0.717, 1.165) is 12.8 Å². The normalized spacial score (nSPS) is 14.6. The van der Waals surface area contributed by atoms with Crippen LogP contribution in [0, 0.1) is 0 Å². The Morgan fingerprint density at radius 3 is 2.94 bits per heavy atom. The van der Waals surface area contributed by atoms with Gasteiger partial charge in [-0.25, -0.2) is 4.98 Å². The van der Waals surface area contributed by atoms with E-state index in [2.05, 4.69) is 10.3 Å². The zero-order valence-electron chi connectivity index (χ0n) is 9.19. The van der Waals surface area contributed by atoms with Crippen molar-refractivity contribution in [1.82, 2.24) is 10.3 Å². The van der Waals surface area contributed by atoms with Gasteiger partial charge in [0.05, 0.1) is 11.8 Å². The predicted molar refractivity (Wildman–Crippen MR) is 59.2 cm³/mol. The molecule has 0 aliphatic heterocycles. The van der Waals surface area contributed by atoms with Gasteiger partial charge in [0.1, 0.15) is 11.4 Å². The molecule has 3 N–H and O–H groups in total. The first-order valence-electron chi connectivity index (χ1n) is 5.32. The molecule has 1 heterocycles. The van der Waals surface area contributed by atoms with E-state index in [0.29, 0.717) is 29.8 Å². The maximum absolute atomic E-state index is 11.5. The van der Waals surface area contributed by atoms with Crippen LogP contribution in [0.25, 0.3) is 0 Å². The Morgan fingerprint density at radius 2 is 2.38 bits per heavy atom. The summed E-state index contributed by atoms with van der Waals surface area (Å²) in [5, 5.41) is 2.53. The van der Waals surface area contributed by atoms with Crippen molar-refractivity contribution in [2.45, 2.75) is 25.5 Å². The number of aromatic nitrogens is 1. The Morgan fingerprint density at radius 1 is 1.62 bits per heavy atom. The van der Waals surface area contributed by atoms with Crippen molar-refractivity contribution in [2.24, 2.45) is 5.73 Å². The summed E-state index contributed by atoms with van der Waals surface area (Å²) in [4.78, 5) is 15.6. The Labute approximate surface area is 94.0 Å². The average Bonchev–Trinajstić information content (AvgIpc) is 3.11. The van der Waals surface area contributed by atoms with Crippen LogP contribution in [-0.4, -0.2) is 24.0 Å². The first-order valence-corrected chi connectivity index (χ1v) is 5.32. The van der Waals surface area contributed by atoms with Crippen molar-refractivity contribution in [3.63, 3.8) is 0 Å². The zero-order valence-corrected chi connectivity index (χ0v) is 9.19. The van der Waals surface area contributed by atoms with Gasteiger partial charge in [-0.3, -0.25) is 4.79 Å². The zero-order chi connectivity index (χ0) is 11.5. The molecule has 1 aliphatic carbocycles. The van der Waals surface area contributed by atoms with Gasteiger partial charge in [-0.05, 0) is 12.8 Å². The lowest BCUT2D eigenvalue weighted by atomic mass is 10.2. The van der Waals surface area contributed by atoms with E-state index in [1.54, 1.807) is 19.2 Å². The molecule has 2 rings (SSSR count). The van der Waals surface area contributed by atoms with Crippen molar-refractivity contribution < 1.29 is 9.53 Å². The monoisotopic (exact) mass is 221 g/mol. The second-order valence-corrected chi connectivity index (χ2v) is 3.78. The minimum Gasteiger partial charge on any atom is -0.490 e. The Balaban J connectivity index is 2.25. The van der Waals surface area contributed by atoms with Crippen LogP contribution in [0.15, 0.2) is 12.1 Å². The molecule has 0 atom stereocenters. The smallest absolute Gasteiger partial charge is 0.269 e. The number of nitrogens with zero attached hydrogens (tertiary/aromatic N) is 1. The first kappa shape index (κ1) is 10.9. The summed E-state index contributed by atoms with van der Waals surface area (Å²) in [5.74, 6) is 0.451. The minimum absolute atomic E-state index is 0.226. The highest BCUT2D eigenvalue weighted by Gasteiger charge is 2.24. The van der Waals surface area contributed by atoms with Gasteiger partial charge in [-0.1, -0.05) is 0 Å². The standard InChI is InChI=1S/C11H15N3O2/c1-13-11(15)10-5-9(16-8-2-3-8)4-7(6-12)14-10/h4-5,8H,2-3,6,12H2,1H3,(H,13,15). The van der Waals surface area contributed by atoms with E-state index in [-0.39, 0.29) is 5.91 Å². The summed E-state index contributed by atoms with van der Waals surface area (Å²) in [5.41, 5.74) is 6.54. The number of hydrogen-bond acceptors (Lipinski definition) is 4. The molecule has 0 unspecified atom stereocenters. The molecule has 86 valence electrons. The van der Waals surface area contributed by atoms with Crippen molar-refractivity contribution in [2.75, 3.05) is 7.05 Å². The number of nitrogens with one attached hydrogen (secondary N) is 1. The van der Waals surface area contributed by atoms with Crippen molar-refractivity contribution in [3.8, 4) is 5.75 Å². The number of ether oxygens (including phenoxy) is 1. The maximum Gasteiger partial charge on any atom is 0.269 e. The van der Waals surface area contributed by atoms with Gasteiger partial charge in [-0.2, -0.15) is 0 Å². The number of carbonyl (C=O) groups is 1. The molecule has 0 radical (unpaired) electrons. The molecule has 0 spiro atoms. The maximum atomic E-state index is 11.5. The highest BCUT2D eigenvalue weighted by molar-refractivity contribution is 5.92. The molecule has 1 aromatic rings. The molecule has 1 fully saturated rings. The number of nitrogens with two attached hydrogens (primary N) is 1. The first-order chi connectivity index (χ1) is 7.72. The lowest BCUT2D eigenvalue weighted by Crippen LogP contribution is -2.20. The topological polar surface area (TPSA) is 77.2 Å². The molecule has 5 nitrogen and oxygen atoms in total. The van der Waals surface area contributed by atoms with Crippen LogP contribution in [0.1, 0.15) is 29.0 Å². The second kappa shape index (κ2) is 4.49. The summed E-state index contributed by atoms with van der Waals surface area (Å²) in [7, 11) is 1.57. The third kappa shape index (κ3) is 2.49. The number of pyridine rings is 1.